The number of hydrogen-bond donors (Lipinski definition) is 2. The average Bonchev–Trinajstić information content (AvgIpc) is 2.31. The summed E-state index contributed by atoms with van der Waals surface area (Å²) in [6.45, 7) is 0.580. The summed E-state index contributed by atoms with van der Waals surface area (Å²) in [6.07, 6.45) is 1.41. The van der Waals surface area contributed by atoms with E-state index in [0.717, 1.165) is 6.42 Å². The highest BCUT2D eigenvalue weighted by Crippen LogP contribution is 1.91. The van der Waals surface area contributed by atoms with Crippen LogP contribution in [-0.2, 0) is 6.42 Å². The first kappa shape index (κ1) is 7.01. The first-order valence-corrected chi connectivity index (χ1v) is 3.07. The van der Waals surface area contributed by atoms with Crippen molar-refractivity contribution in [1.82, 2.24) is 10.2 Å². The van der Waals surface area contributed by atoms with Gasteiger partial charge in [0.15, 0.2) is 0 Å². The zero-order valence-electron chi connectivity index (χ0n) is 5.46. The number of hydrogen-bond acceptors (Lipinski definition) is 4. The van der Waals surface area contributed by atoms with E-state index < -0.39 is 5.76 Å². The third-order valence-electron chi connectivity index (χ3n) is 1.08. The van der Waals surface area contributed by atoms with Gasteiger partial charge in [0.1, 0.15) is 0 Å². The Kier molecular flexibility index (Phi) is 2.22. The van der Waals surface area contributed by atoms with Crippen molar-refractivity contribution in [3.8, 4) is 0 Å². The minimum atomic E-state index is -0.507. The SMILES string of the molecule is NCCCc1n[nH]c(=O)o1. The molecular formula is C5H9N3O2. The standard InChI is InChI=1S/C5H9N3O2/c6-3-1-2-4-7-8-5(9)10-4/h1-3,6H2,(H,8,9). The second kappa shape index (κ2) is 3.17. The maximum atomic E-state index is 10.3. The van der Waals surface area contributed by atoms with Gasteiger partial charge < -0.3 is 10.2 Å². The summed E-state index contributed by atoms with van der Waals surface area (Å²) in [7, 11) is 0. The lowest BCUT2D eigenvalue weighted by molar-refractivity contribution is 0.457. The molecule has 0 bridgehead atoms. The summed E-state index contributed by atoms with van der Waals surface area (Å²) in [5.41, 5.74) is 5.23. The van der Waals surface area contributed by atoms with E-state index in [9.17, 15) is 4.79 Å². The molecule has 5 heteroatoms. The van der Waals surface area contributed by atoms with Gasteiger partial charge in [-0.3, -0.25) is 0 Å². The quantitative estimate of drug-likeness (QED) is 0.583. The molecule has 0 atom stereocenters. The molecule has 10 heavy (non-hydrogen) atoms. The Hall–Kier alpha value is -1.10. The number of nitrogens with one attached hydrogen (secondary N) is 1. The summed E-state index contributed by atoms with van der Waals surface area (Å²) in [4.78, 5) is 10.3. The largest absolute Gasteiger partial charge is 0.434 e. The Labute approximate surface area is 57.2 Å². The third kappa shape index (κ3) is 1.70. The second-order valence-electron chi connectivity index (χ2n) is 1.90. The van der Waals surface area contributed by atoms with Gasteiger partial charge in [-0.15, -0.1) is 5.10 Å². The van der Waals surface area contributed by atoms with E-state index in [1.807, 2.05) is 0 Å². The van der Waals surface area contributed by atoms with E-state index in [1.165, 1.54) is 0 Å². The molecule has 5 nitrogen and oxygen atoms in total. The van der Waals surface area contributed by atoms with Gasteiger partial charge in [-0.05, 0) is 13.0 Å². The summed E-state index contributed by atoms with van der Waals surface area (Å²) in [6, 6.07) is 0. The summed E-state index contributed by atoms with van der Waals surface area (Å²) >= 11 is 0. The van der Waals surface area contributed by atoms with Crippen LogP contribution in [0.3, 0.4) is 0 Å². The van der Waals surface area contributed by atoms with E-state index in [-0.39, 0.29) is 0 Å². The van der Waals surface area contributed by atoms with Crippen LogP contribution in [0.2, 0.25) is 0 Å². The molecule has 0 saturated heterocycles. The normalized spacial score (nSPS) is 10.1. The zero-order valence-corrected chi connectivity index (χ0v) is 5.46. The van der Waals surface area contributed by atoms with Crippen LogP contribution < -0.4 is 11.5 Å². The fourth-order valence-corrected chi connectivity index (χ4v) is 0.621. The molecule has 56 valence electrons. The van der Waals surface area contributed by atoms with Crippen LogP contribution in [0.4, 0.5) is 0 Å². The van der Waals surface area contributed by atoms with Crippen LogP contribution in [-0.4, -0.2) is 16.7 Å². The summed E-state index contributed by atoms with van der Waals surface area (Å²) < 4.78 is 4.61. The van der Waals surface area contributed by atoms with Gasteiger partial charge in [0.05, 0.1) is 0 Å². The van der Waals surface area contributed by atoms with E-state index in [1.54, 1.807) is 0 Å². The molecule has 0 radical (unpaired) electrons. The minimum Gasteiger partial charge on any atom is -0.393 e. The van der Waals surface area contributed by atoms with E-state index in [2.05, 4.69) is 14.6 Å². The van der Waals surface area contributed by atoms with Crippen LogP contribution in [0.1, 0.15) is 12.3 Å². The van der Waals surface area contributed by atoms with Gasteiger partial charge in [-0.2, -0.15) is 0 Å². The number of nitrogens with two attached hydrogens (primary N) is 1. The van der Waals surface area contributed by atoms with Gasteiger partial charge in [-0.25, -0.2) is 9.89 Å². The van der Waals surface area contributed by atoms with Crippen molar-refractivity contribution in [2.45, 2.75) is 12.8 Å². The highest BCUT2D eigenvalue weighted by molar-refractivity contribution is 4.72. The fourth-order valence-electron chi connectivity index (χ4n) is 0.621. The second-order valence-corrected chi connectivity index (χ2v) is 1.90. The van der Waals surface area contributed by atoms with Gasteiger partial charge >= 0.3 is 5.76 Å². The van der Waals surface area contributed by atoms with Crippen LogP contribution >= 0.6 is 0 Å². The smallest absolute Gasteiger partial charge is 0.393 e. The molecule has 0 fully saturated rings. The summed E-state index contributed by atoms with van der Waals surface area (Å²) in [5, 5.41) is 5.76. The molecule has 0 aliphatic rings. The molecule has 1 heterocycles. The highest BCUT2D eigenvalue weighted by Gasteiger charge is 1.97. The predicted molar refractivity (Wildman–Crippen MR) is 34.5 cm³/mol. The maximum Gasteiger partial charge on any atom is 0.434 e. The van der Waals surface area contributed by atoms with Crippen molar-refractivity contribution in [3.05, 3.63) is 16.4 Å². The van der Waals surface area contributed by atoms with Crippen LogP contribution in [0.15, 0.2) is 9.21 Å². The zero-order chi connectivity index (χ0) is 7.40. The van der Waals surface area contributed by atoms with Crippen molar-refractivity contribution < 1.29 is 4.42 Å². The molecule has 0 aliphatic heterocycles. The van der Waals surface area contributed by atoms with E-state index in [4.69, 9.17) is 5.73 Å². The number of aryl methyl sites for hydroxylation is 1. The Balaban J connectivity index is 2.50. The Morgan fingerprint density at radius 3 is 3.00 bits per heavy atom. The molecule has 1 rings (SSSR count). The van der Waals surface area contributed by atoms with Crippen molar-refractivity contribution in [2.75, 3.05) is 6.54 Å². The number of nitrogens with zero attached hydrogens (tertiary/aromatic N) is 1. The molecule has 3 N–H and O–H groups in total. The van der Waals surface area contributed by atoms with Gasteiger partial charge in [0.2, 0.25) is 5.89 Å². The fraction of sp³-hybridized carbons (Fsp3) is 0.600. The molecule has 0 amide bonds. The Morgan fingerprint density at radius 2 is 2.50 bits per heavy atom. The number of H-pyrrole nitrogens is 1. The van der Waals surface area contributed by atoms with E-state index in [0.29, 0.717) is 18.9 Å². The minimum absolute atomic E-state index is 0.426. The lowest BCUT2D eigenvalue weighted by atomic mass is 10.3. The van der Waals surface area contributed by atoms with Crippen molar-refractivity contribution in [3.63, 3.8) is 0 Å². The Morgan fingerprint density at radius 1 is 1.70 bits per heavy atom. The molecule has 0 aromatic carbocycles. The van der Waals surface area contributed by atoms with Crippen LogP contribution in [0.5, 0.6) is 0 Å². The lowest BCUT2D eigenvalue weighted by Crippen LogP contribution is -2.00. The molecule has 0 spiro atoms. The van der Waals surface area contributed by atoms with Crippen LogP contribution in [0, 0.1) is 0 Å². The monoisotopic (exact) mass is 143 g/mol. The average molecular weight is 143 g/mol. The van der Waals surface area contributed by atoms with Gasteiger partial charge in [-0.1, -0.05) is 0 Å². The molecular weight excluding hydrogens is 134 g/mol. The molecule has 0 saturated carbocycles. The van der Waals surface area contributed by atoms with E-state index >= 15 is 0 Å². The Bertz CT molecular complexity index is 239. The van der Waals surface area contributed by atoms with Crippen molar-refractivity contribution in [1.29, 1.82) is 0 Å². The van der Waals surface area contributed by atoms with Crippen molar-refractivity contribution in [2.24, 2.45) is 5.73 Å². The van der Waals surface area contributed by atoms with Crippen molar-refractivity contribution >= 4 is 0 Å². The number of rotatable bonds is 3. The number of aromatic amines is 1. The maximum absolute atomic E-state index is 10.3. The molecule has 0 aliphatic carbocycles. The molecule has 0 unspecified atom stereocenters. The number of aromatic nitrogens is 2. The topological polar surface area (TPSA) is 84.9 Å². The van der Waals surface area contributed by atoms with Crippen LogP contribution in [0.25, 0.3) is 0 Å². The summed E-state index contributed by atoms with van der Waals surface area (Å²) in [5.74, 6) is -0.0810. The van der Waals surface area contributed by atoms with Gasteiger partial charge in [0, 0.05) is 6.42 Å². The first-order valence-electron chi connectivity index (χ1n) is 3.07. The first-order chi connectivity index (χ1) is 4.83. The van der Waals surface area contributed by atoms with Gasteiger partial charge in [0.25, 0.3) is 0 Å². The predicted octanol–water partition coefficient (Wildman–Crippen LogP) is -0.746. The third-order valence-corrected chi connectivity index (χ3v) is 1.08. The molecule has 1 aromatic rings. The lowest BCUT2D eigenvalue weighted by Gasteiger charge is -1.87. The molecule has 1 aromatic heterocycles. The highest BCUT2D eigenvalue weighted by atomic mass is 16.4.